The van der Waals surface area contributed by atoms with E-state index < -0.39 is 5.79 Å². The van der Waals surface area contributed by atoms with Crippen molar-refractivity contribution in [1.29, 1.82) is 0 Å². The second-order valence-electron chi connectivity index (χ2n) is 7.61. The van der Waals surface area contributed by atoms with Gasteiger partial charge in [-0.15, -0.1) is 0 Å². The summed E-state index contributed by atoms with van der Waals surface area (Å²) in [6.07, 6.45) is 5.75. The number of nitrogens with one attached hydrogen (secondary N) is 2. The Hall–Kier alpha value is -2.16. The lowest BCUT2D eigenvalue weighted by Gasteiger charge is -2.30. The van der Waals surface area contributed by atoms with Crippen molar-refractivity contribution in [2.45, 2.75) is 69.6 Å². The summed E-state index contributed by atoms with van der Waals surface area (Å²) in [5.74, 6) is 5.67. The van der Waals surface area contributed by atoms with Gasteiger partial charge in [-0.2, -0.15) is 0 Å². The summed E-state index contributed by atoms with van der Waals surface area (Å²) in [5.41, 5.74) is 4.65. The van der Waals surface area contributed by atoms with Gasteiger partial charge in [0.2, 0.25) is 5.91 Å². The Kier molecular flexibility index (Phi) is 6.88. The second-order valence-corrected chi connectivity index (χ2v) is 7.61. The van der Waals surface area contributed by atoms with E-state index in [1.807, 2.05) is 18.2 Å². The molecular weight excluding hydrogens is 360 g/mol. The molecule has 0 radical (unpaired) electrons. The standard InChI is InChI=1S/C20H30N4O4/c21-24-18(22-15-8-10-20(26,27)11-9-15)3-1-2-12-28-16-5-6-17-14(13-16)4-7-19(25)23-17/h5-6,13,15,26-27H,1-4,7-12,21H2,(H,22,24)(H,23,25). The van der Waals surface area contributed by atoms with Crippen LogP contribution in [0.1, 0.15) is 56.9 Å². The van der Waals surface area contributed by atoms with Gasteiger partial charge in [0.1, 0.15) is 11.6 Å². The van der Waals surface area contributed by atoms with Crippen molar-refractivity contribution in [2.75, 3.05) is 11.9 Å². The number of aliphatic hydroxyl groups is 2. The van der Waals surface area contributed by atoms with Gasteiger partial charge >= 0.3 is 0 Å². The summed E-state index contributed by atoms with van der Waals surface area (Å²) in [7, 11) is 0. The zero-order valence-electron chi connectivity index (χ0n) is 16.1. The van der Waals surface area contributed by atoms with E-state index in [4.69, 9.17) is 10.6 Å². The Labute approximate surface area is 165 Å². The molecule has 1 amide bonds. The molecule has 0 bridgehead atoms. The predicted octanol–water partition coefficient (Wildman–Crippen LogP) is 1.61. The molecule has 1 saturated carbocycles. The molecule has 0 aromatic heterocycles. The second kappa shape index (κ2) is 9.36. The molecule has 6 N–H and O–H groups in total. The number of anilines is 1. The number of benzene rings is 1. The van der Waals surface area contributed by atoms with Crippen LogP contribution >= 0.6 is 0 Å². The summed E-state index contributed by atoms with van der Waals surface area (Å²) < 4.78 is 5.83. The summed E-state index contributed by atoms with van der Waals surface area (Å²) >= 11 is 0. The van der Waals surface area contributed by atoms with Crippen LogP contribution in [0, 0.1) is 0 Å². The largest absolute Gasteiger partial charge is 0.494 e. The highest BCUT2D eigenvalue weighted by Crippen LogP contribution is 2.28. The third-order valence-electron chi connectivity index (χ3n) is 5.31. The summed E-state index contributed by atoms with van der Waals surface area (Å²) in [6.45, 7) is 0.601. The van der Waals surface area contributed by atoms with E-state index in [2.05, 4.69) is 15.7 Å². The number of ether oxygens (including phenoxy) is 1. The number of nitrogens with two attached hydrogens (primary N) is 1. The molecule has 8 nitrogen and oxygen atoms in total. The molecule has 3 rings (SSSR count). The first-order valence-corrected chi connectivity index (χ1v) is 9.99. The third-order valence-corrected chi connectivity index (χ3v) is 5.31. The molecule has 8 heteroatoms. The lowest BCUT2D eigenvalue weighted by atomic mass is 9.90. The molecule has 1 aliphatic heterocycles. The van der Waals surface area contributed by atoms with Gasteiger partial charge in [0.05, 0.1) is 12.6 Å². The fourth-order valence-electron chi connectivity index (χ4n) is 3.62. The first-order chi connectivity index (χ1) is 13.4. The number of hydrogen-bond acceptors (Lipinski definition) is 6. The first kappa shape index (κ1) is 20.6. The smallest absolute Gasteiger partial charge is 0.224 e. The fourth-order valence-corrected chi connectivity index (χ4v) is 3.62. The molecule has 1 aromatic carbocycles. The summed E-state index contributed by atoms with van der Waals surface area (Å²) in [5, 5.41) is 22.0. The number of carbonyl (C=O) groups excluding carboxylic acids is 1. The maximum atomic E-state index is 11.4. The van der Waals surface area contributed by atoms with Gasteiger partial charge in [0.25, 0.3) is 0 Å². The number of hydrazine groups is 1. The monoisotopic (exact) mass is 390 g/mol. The number of aryl methyl sites for hydroxylation is 1. The van der Waals surface area contributed by atoms with Gasteiger partial charge in [-0.1, -0.05) is 0 Å². The minimum Gasteiger partial charge on any atom is -0.494 e. The number of unbranched alkanes of at least 4 members (excludes halogenated alkanes) is 1. The number of rotatable bonds is 7. The minimum absolute atomic E-state index is 0.0624. The van der Waals surface area contributed by atoms with Crippen molar-refractivity contribution in [3.05, 3.63) is 23.8 Å². The van der Waals surface area contributed by atoms with Crippen molar-refractivity contribution < 1.29 is 19.7 Å². The number of amidine groups is 1. The van der Waals surface area contributed by atoms with Crippen molar-refractivity contribution in [2.24, 2.45) is 10.8 Å². The third kappa shape index (κ3) is 5.92. The minimum atomic E-state index is -1.54. The lowest BCUT2D eigenvalue weighted by Crippen LogP contribution is -2.37. The van der Waals surface area contributed by atoms with Crippen molar-refractivity contribution in [3.8, 4) is 5.75 Å². The Balaban J connectivity index is 1.38. The lowest BCUT2D eigenvalue weighted by molar-refractivity contribution is -0.181. The molecular formula is C20H30N4O4. The SMILES string of the molecule is NNC(CCCCOc1ccc2c(c1)CCC(=O)N2)=NC1CCC(O)(O)CC1. The number of fused-ring (bicyclic) bond motifs is 1. The number of aliphatic imine (C=N–C) groups is 1. The van der Waals surface area contributed by atoms with E-state index in [-0.39, 0.29) is 11.9 Å². The van der Waals surface area contributed by atoms with E-state index in [9.17, 15) is 15.0 Å². The molecule has 0 atom stereocenters. The Morgan fingerprint density at radius 1 is 1.29 bits per heavy atom. The van der Waals surface area contributed by atoms with Gasteiger partial charge in [-0.25, -0.2) is 5.84 Å². The van der Waals surface area contributed by atoms with E-state index >= 15 is 0 Å². The number of hydrogen-bond donors (Lipinski definition) is 5. The number of carbonyl (C=O) groups is 1. The van der Waals surface area contributed by atoms with E-state index in [1.165, 1.54) is 0 Å². The number of amides is 1. The molecule has 0 spiro atoms. The molecule has 1 aromatic rings. The average Bonchev–Trinajstić information content (AvgIpc) is 2.68. The summed E-state index contributed by atoms with van der Waals surface area (Å²) in [6, 6.07) is 5.85. The fraction of sp³-hybridized carbons (Fsp3) is 0.600. The zero-order valence-corrected chi connectivity index (χ0v) is 16.1. The Bertz CT molecular complexity index is 710. The molecule has 1 aliphatic carbocycles. The van der Waals surface area contributed by atoms with Crippen LogP contribution in [0.5, 0.6) is 5.75 Å². The van der Waals surface area contributed by atoms with Crippen LogP contribution < -0.4 is 21.3 Å². The Morgan fingerprint density at radius 2 is 2.07 bits per heavy atom. The topological polar surface area (TPSA) is 129 Å². The summed E-state index contributed by atoms with van der Waals surface area (Å²) in [4.78, 5) is 16.0. The van der Waals surface area contributed by atoms with Gasteiger partial charge in [-0.05, 0) is 55.9 Å². The normalized spacial score (nSPS) is 19.7. The van der Waals surface area contributed by atoms with Crippen molar-refractivity contribution >= 4 is 17.4 Å². The molecule has 2 aliphatic rings. The van der Waals surface area contributed by atoms with Gasteiger partial charge < -0.3 is 25.7 Å². The van der Waals surface area contributed by atoms with Crippen LogP contribution in [0.15, 0.2) is 23.2 Å². The molecule has 28 heavy (non-hydrogen) atoms. The maximum absolute atomic E-state index is 11.4. The van der Waals surface area contributed by atoms with Crippen LogP contribution in [0.25, 0.3) is 0 Å². The highest BCUT2D eigenvalue weighted by atomic mass is 16.5. The molecule has 1 fully saturated rings. The first-order valence-electron chi connectivity index (χ1n) is 9.99. The molecule has 154 valence electrons. The van der Waals surface area contributed by atoms with Crippen molar-refractivity contribution in [1.82, 2.24) is 5.43 Å². The number of nitrogens with zero attached hydrogens (tertiary/aromatic N) is 1. The quantitative estimate of drug-likeness (QED) is 0.120. The highest BCUT2D eigenvalue weighted by molar-refractivity contribution is 5.94. The predicted molar refractivity (Wildman–Crippen MR) is 107 cm³/mol. The Morgan fingerprint density at radius 3 is 2.82 bits per heavy atom. The van der Waals surface area contributed by atoms with Gasteiger partial charge in [0.15, 0.2) is 5.79 Å². The van der Waals surface area contributed by atoms with Crippen molar-refractivity contribution in [3.63, 3.8) is 0 Å². The van der Waals surface area contributed by atoms with E-state index in [0.717, 1.165) is 48.5 Å². The van der Waals surface area contributed by atoms with Crippen LogP contribution in [0.4, 0.5) is 5.69 Å². The average molecular weight is 390 g/mol. The maximum Gasteiger partial charge on any atom is 0.224 e. The highest BCUT2D eigenvalue weighted by Gasteiger charge is 2.30. The van der Waals surface area contributed by atoms with Crippen LogP contribution in [-0.4, -0.2) is 40.4 Å². The molecule has 1 heterocycles. The van der Waals surface area contributed by atoms with E-state index in [0.29, 0.717) is 38.7 Å². The van der Waals surface area contributed by atoms with E-state index in [1.54, 1.807) is 0 Å². The van der Waals surface area contributed by atoms with Crippen LogP contribution in [0.3, 0.4) is 0 Å². The zero-order chi connectivity index (χ0) is 20.0. The van der Waals surface area contributed by atoms with Crippen LogP contribution in [0.2, 0.25) is 0 Å². The molecule has 0 saturated heterocycles. The van der Waals surface area contributed by atoms with Gasteiger partial charge in [-0.3, -0.25) is 9.79 Å². The molecule has 0 unspecified atom stereocenters. The van der Waals surface area contributed by atoms with Crippen LogP contribution in [-0.2, 0) is 11.2 Å². The van der Waals surface area contributed by atoms with Gasteiger partial charge in [0, 0.05) is 31.4 Å².